The second-order valence-corrected chi connectivity index (χ2v) is 8.71. The number of halogens is 1. The molecule has 1 aromatic carbocycles. The lowest BCUT2D eigenvalue weighted by Crippen LogP contribution is -2.35. The van der Waals surface area contributed by atoms with Gasteiger partial charge in [-0.25, -0.2) is 4.79 Å². The smallest absolute Gasteiger partial charge is 0.337 e. The van der Waals surface area contributed by atoms with E-state index in [4.69, 9.17) is 26.8 Å². The van der Waals surface area contributed by atoms with E-state index in [1.165, 1.54) is 6.07 Å². The fraction of sp³-hybridized carbons (Fsp3) is 0.500. The number of carboxylic acid groups (broad SMARTS) is 1. The molecule has 0 bridgehead atoms. The molecule has 0 aliphatic carbocycles. The molecule has 2 aromatic rings. The van der Waals surface area contributed by atoms with E-state index >= 15 is 0 Å². The molecule has 1 fully saturated rings. The Balaban J connectivity index is 0.000000205. The number of carbonyl (C=O) groups is 2. The Morgan fingerprint density at radius 3 is 2.67 bits per heavy atom. The highest BCUT2D eigenvalue weighted by molar-refractivity contribution is 6.32. The highest BCUT2D eigenvalue weighted by atomic mass is 35.5. The summed E-state index contributed by atoms with van der Waals surface area (Å²) in [6.45, 7) is 6.13. The normalized spacial score (nSPS) is 18.2. The first-order valence-corrected chi connectivity index (χ1v) is 11.6. The van der Waals surface area contributed by atoms with Crippen LogP contribution in [0.5, 0.6) is 5.75 Å². The fourth-order valence-corrected chi connectivity index (χ4v) is 4.48. The maximum absolute atomic E-state index is 12.6. The molecule has 1 amide bonds. The number of aromatic carboxylic acids is 1. The molecular formula is C24H32ClN3O5. The summed E-state index contributed by atoms with van der Waals surface area (Å²) in [4.78, 5) is 25.8. The molecule has 0 radical (unpaired) electrons. The number of carboxylic acids is 1. The van der Waals surface area contributed by atoms with E-state index in [1.54, 1.807) is 11.7 Å². The van der Waals surface area contributed by atoms with Crippen LogP contribution in [0.15, 0.2) is 24.3 Å². The minimum absolute atomic E-state index is 0.0587. The Kier molecular flexibility index (Phi) is 8.40. The Bertz CT molecular complexity index is 1010. The lowest BCUT2D eigenvalue weighted by molar-refractivity contribution is 0.0640. The Hall–Kier alpha value is -2.55. The number of benzene rings is 1. The molecule has 9 heteroatoms. The van der Waals surface area contributed by atoms with Gasteiger partial charge in [-0.15, -0.1) is 0 Å². The van der Waals surface area contributed by atoms with Gasteiger partial charge < -0.3 is 29.8 Å². The summed E-state index contributed by atoms with van der Waals surface area (Å²) >= 11 is 5.95. The SMILES string of the molecule is CC[C@@H](N)c1ccc(OC)c(Cl)c1.C[C@H]1CCCN1C(=O)c1cc(C(=O)O)c2n1CCOC2. The van der Waals surface area contributed by atoms with E-state index in [0.717, 1.165) is 31.4 Å². The lowest BCUT2D eigenvalue weighted by Gasteiger charge is -2.24. The predicted octanol–water partition coefficient (Wildman–Crippen LogP) is 4.10. The monoisotopic (exact) mass is 477 g/mol. The van der Waals surface area contributed by atoms with Gasteiger partial charge >= 0.3 is 5.97 Å². The maximum Gasteiger partial charge on any atom is 0.337 e. The minimum atomic E-state index is -1.01. The molecule has 1 saturated heterocycles. The standard InChI is InChI=1S/C14H18N2O4.C10H14ClNO/c1-9-3-2-4-15(9)13(17)11-7-10(14(18)19)12-8-20-6-5-16(11)12;1-3-9(12)7-4-5-10(13-2)8(11)6-7/h7,9H,2-6,8H2,1H3,(H,18,19);4-6,9H,3,12H2,1-2H3/t2*9-/m01/s1. The van der Waals surface area contributed by atoms with E-state index < -0.39 is 5.97 Å². The van der Waals surface area contributed by atoms with Gasteiger partial charge in [0.2, 0.25) is 0 Å². The molecule has 4 rings (SSSR count). The highest BCUT2D eigenvalue weighted by Gasteiger charge is 2.31. The Morgan fingerprint density at radius 1 is 1.33 bits per heavy atom. The van der Waals surface area contributed by atoms with Crippen LogP contribution in [0.1, 0.15) is 71.3 Å². The number of rotatable bonds is 5. The van der Waals surface area contributed by atoms with E-state index in [2.05, 4.69) is 0 Å². The lowest BCUT2D eigenvalue weighted by atomic mass is 10.1. The van der Waals surface area contributed by atoms with E-state index in [1.807, 2.05) is 36.9 Å². The third kappa shape index (κ3) is 5.51. The molecule has 33 heavy (non-hydrogen) atoms. The second-order valence-electron chi connectivity index (χ2n) is 8.30. The molecule has 0 spiro atoms. The molecule has 2 aliphatic heterocycles. The van der Waals surface area contributed by atoms with E-state index in [9.17, 15) is 14.7 Å². The van der Waals surface area contributed by atoms with Crippen LogP contribution >= 0.6 is 11.6 Å². The van der Waals surface area contributed by atoms with Gasteiger partial charge in [-0.05, 0) is 49.9 Å². The van der Waals surface area contributed by atoms with Crippen LogP contribution in [0.2, 0.25) is 5.02 Å². The number of nitrogens with two attached hydrogens (primary N) is 1. The Morgan fingerprint density at radius 2 is 2.09 bits per heavy atom. The molecule has 2 aliphatic rings. The topological polar surface area (TPSA) is 107 Å². The van der Waals surface area contributed by atoms with Crippen molar-refractivity contribution < 1.29 is 24.2 Å². The van der Waals surface area contributed by atoms with Gasteiger partial charge in [-0.2, -0.15) is 0 Å². The number of hydrogen-bond acceptors (Lipinski definition) is 5. The zero-order valence-electron chi connectivity index (χ0n) is 19.3. The van der Waals surface area contributed by atoms with Crippen molar-refractivity contribution in [2.45, 2.75) is 58.3 Å². The number of amides is 1. The van der Waals surface area contributed by atoms with Gasteiger partial charge in [0.1, 0.15) is 11.4 Å². The number of likely N-dealkylation sites (tertiary alicyclic amines) is 1. The van der Waals surface area contributed by atoms with Crippen LogP contribution in [0, 0.1) is 0 Å². The zero-order chi connectivity index (χ0) is 24.1. The van der Waals surface area contributed by atoms with Gasteiger partial charge in [0.25, 0.3) is 5.91 Å². The van der Waals surface area contributed by atoms with E-state index in [-0.39, 0.29) is 30.2 Å². The maximum atomic E-state index is 12.6. The summed E-state index contributed by atoms with van der Waals surface area (Å²) in [5.74, 6) is -0.382. The van der Waals surface area contributed by atoms with Crippen molar-refractivity contribution in [1.29, 1.82) is 0 Å². The molecule has 3 N–H and O–H groups in total. The van der Waals surface area contributed by atoms with Crippen molar-refractivity contribution in [2.75, 3.05) is 20.3 Å². The average molecular weight is 478 g/mol. The molecule has 0 unspecified atom stereocenters. The zero-order valence-corrected chi connectivity index (χ0v) is 20.1. The second kappa shape index (κ2) is 11.0. The van der Waals surface area contributed by atoms with Crippen molar-refractivity contribution in [2.24, 2.45) is 5.73 Å². The van der Waals surface area contributed by atoms with Crippen molar-refractivity contribution in [3.05, 3.63) is 51.8 Å². The first-order chi connectivity index (χ1) is 15.8. The molecular weight excluding hydrogens is 446 g/mol. The summed E-state index contributed by atoms with van der Waals surface area (Å²) in [5, 5.41) is 9.87. The van der Waals surface area contributed by atoms with Crippen LogP contribution in [0.3, 0.4) is 0 Å². The number of ether oxygens (including phenoxy) is 2. The van der Waals surface area contributed by atoms with Gasteiger partial charge in [0.15, 0.2) is 0 Å². The van der Waals surface area contributed by atoms with Crippen LogP contribution in [-0.2, 0) is 17.9 Å². The van der Waals surface area contributed by atoms with Gasteiger partial charge in [0, 0.05) is 25.2 Å². The third-order valence-corrected chi connectivity index (χ3v) is 6.51. The number of carbonyl (C=O) groups excluding carboxylic acids is 1. The molecule has 0 saturated carbocycles. The quantitative estimate of drug-likeness (QED) is 0.671. The number of nitrogens with zero attached hydrogens (tertiary/aromatic N) is 2. The first-order valence-electron chi connectivity index (χ1n) is 11.2. The predicted molar refractivity (Wildman–Crippen MR) is 126 cm³/mol. The first kappa shape index (κ1) is 25.1. The minimum Gasteiger partial charge on any atom is -0.495 e. The summed E-state index contributed by atoms with van der Waals surface area (Å²) in [5.41, 5.74) is 8.16. The molecule has 180 valence electrons. The van der Waals surface area contributed by atoms with Crippen molar-refractivity contribution in [3.63, 3.8) is 0 Å². The molecule has 8 nitrogen and oxygen atoms in total. The third-order valence-electron chi connectivity index (χ3n) is 6.21. The van der Waals surface area contributed by atoms with E-state index in [0.29, 0.717) is 35.3 Å². The fourth-order valence-electron chi connectivity index (χ4n) is 4.22. The summed E-state index contributed by atoms with van der Waals surface area (Å²) in [6.07, 6.45) is 2.92. The van der Waals surface area contributed by atoms with Crippen molar-refractivity contribution in [3.8, 4) is 5.75 Å². The largest absolute Gasteiger partial charge is 0.495 e. The van der Waals surface area contributed by atoms with Crippen LogP contribution in [0.25, 0.3) is 0 Å². The average Bonchev–Trinajstić information content (AvgIpc) is 3.42. The van der Waals surface area contributed by atoms with Gasteiger partial charge in [-0.1, -0.05) is 24.6 Å². The van der Waals surface area contributed by atoms with Gasteiger partial charge in [-0.3, -0.25) is 4.79 Å². The van der Waals surface area contributed by atoms with Crippen LogP contribution in [-0.4, -0.2) is 52.8 Å². The number of hydrogen-bond donors (Lipinski definition) is 2. The van der Waals surface area contributed by atoms with Gasteiger partial charge in [0.05, 0.1) is 36.6 Å². The van der Waals surface area contributed by atoms with Crippen molar-refractivity contribution >= 4 is 23.5 Å². The van der Waals surface area contributed by atoms with Crippen LogP contribution < -0.4 is 10.5 Å². The number of methoxy groups -OCH3 is 1. The summed E-state index contributed by atoms with van der Waals surface area (Å²) in [6, 6.07) is 7.42. The number of aromatic nitrogens is 1. The highest BCUT2D eigenvalue weighted by Crippen LogP contribution is 2.28. The summed E-state index contributed by atoms with van der Waals surface area (Å²) < 4.78 is 12.2. The summed E-state index contributed by atoms with van der Waals surface area (Å²) in [7, 11) is 1.60. The molecule has 1 aromatic heterocycles. The molecule has 3 heterocycles. The van der Waals surface area contributed by atoms with Crippen LogP contribution in [0.4, 0.5) is 0 Å². The van der Waals surface area contributed by atoms with Crippen molar-refractivity contribution in [1.82, 2.24) is 9.47 Å². The molecule has 2 atom stereocenters. The number of fused-ring (bicyclic) bond motifs is 1. The Labute approximate surface area is 199 Å².